The predicted molar refractivity (Wildman–Crippen MR) is 163 cm³/mol. The molecule has 2 unspecified atom stereocenters. The molecule has 4 amide bonds. The van der Waals surface area contributed by atoms with Crippen molar-refractivity contribution in [2.75, 3.05) is 9.80 Å². The zero-order valence-electron chi connectivity index (χ0n) is 23.7. The zero-order chi connectivity index (χ0) is 30.7. The highest BCUT2D eigenvalue weighted by atomic mass is 16.2. The molecule has 4 heterocycles. The van der Waals surface area contributed by atoms with Crippen LogP contribution in [0.4, 0.5) is 11.4 Å². The Balaban J connectivity index is 0.958. The number of amides is 4. The number of imide groups is 2. The molecular formula is C33H24N8O4. The first kappa shape index (κ1) is 26.6. The maximum absolute atomic E-state index is 13.3. The Kier molecular flexibility index (Phi) is 6.08. The van der Waals surface area contributed by atoms with Gasteiger partial charge in [-0.2, -0.15) is 0 Å². The lowest BCUT2D eigenvalue weighted by atomic mass is 10.0. The number of rotatable bonds is 6. The largest absolute Gasteiger partial charge is 0.274 e. The van der Waals surface area contributed by atoms with Crippen molar-refractivity contribution in [2.24, 2.45) is 0 Å². The van der Waals surface area contributed by atoms with Gasteiger partial charge in [0.2, 0.25) is 11.8 Å². The number of anilines is 2. The second-order valence-corrected chi connectivity index (χ2v) is 11.1. The van der Waals surface area contributed by atoms with Crippen LogP contribution in [-0.2, 0) is 25.6 Å². The Morgan fingerprint density at radius 3 is 1.36 bits per heavy atom. The van der Waals surface area contributed by atoms with E-state index in [2.05, 4.69) is 20.6 Å². The average Bonchev–Trinajstić information content (AvgIpc) is 3.81. The number of hydrogen-bond acceptors (Lipinski definition) is 8. The van der Waals surface area contributed by atoms with Crippen LogP contribution in [0.3, 0.4) is 0 Å². The lowest BCUT2D eigenvalue weighted by Gasteiger charge is -2.16. The summed E-state index contributed by atoms with van der Waals surface area (Å²) in [6.45, 7) is 0. The molecule has 45 heavy (non-hydrogen) atoms. The molecule has 2 saturated heterocycles. The van der Waals surface area contributed by atoms with Crippen LogP contribution in [0.15, 0.2) is 97.1 Å². The first-order chi connectivity index (χ1) is 22.0. The molecule has 2 atom stereocenters. The lowest BCUT2D eigenvalue weighted by Crippen LogP contribution is -2.31. The van der Waals surface area contributed by atoms with Crippen molar-refractivity contribution in [1.29, 1.82) is 0 Å². The van der Waals surface area contributed by atoms with E-state index in [-0.39, 0.29) is 36.5 Å². The van der Waals surface area contributed by atoms with Crippen molar-refractivity contribution in [3.8, 4) is 0 Å². The molecule has 0 radical (unpaired) electrons. The molecule has 2 aliphatic heterocycles. The van der Waals surface area contributed by atoms with Crippen LogP contribution in [0.5, 0.6) is 0 Å². The van der Waals surface area contributed by atoms with E-state index in [1.54, 1.807) is 24.3 Å². The van der Waals surface area contributed by atoms with Crippen molar-refractivity contribution in [1.82, 2.24) is 30.0 Å². The molecule has 0 saturated carbocycles. The zero-order valence-corrected chi connectivity index (χ0v) is 23.7. The number of carbonyl (C=O) groups is 4. The third kappa shape index (κ3) is 4.37. The standard InChI is InChI=1S/C33H24N8O4/c42-30-18-28(40-26-7-3-1-5-24(26)34-36-40)32(44)38(30)22-13-9-20(10-14-22)17-21-11-15-23(16-12-21)39-31(43)19-29(33(39)45)41-27-8-4-2-6-25(27)35-37-41/h1-16,28-29H,17-19H2. The Morgan fingerprint density at radius 2 is 0.933 bits per heavy atom. The maximum atomic E-state index is 13.3. The molecule has 6 aromatic rings. The Labute approximate surface area is 255 Å². The Morgan fingerprint density at radius 1 is 0.533 bits per heavy atom. The van der Waals surface area contributed by atoms with Gasteiger partial charge in [-0.25, -0.2) is 19.2 Å². The van der Waals surface area contributed by atoms with E-state index >= 15 is 0 Å². The summed E-state index contributed by atoms with van der Waals surface area (Å²) in [5.74, 6) is -1.27. The predicted octanol–water partition coefficient (Wildman–Crippen LogP) is 3.78. The van der Waals surface area contributed by atoms with Gasteiger partial charge in [0.05, 0.1) is 35.2 Å². The van der Waals surface area contributed by atoms with Crippen molar-refractivity contribution in [3.63, 3.8) is 0 Å². The summed E-state index contributed by atoms with van der Waals surface area (Å²) in [6, 6.07) is 27.7. The number of para-hydroxylation sites is 2. The van der Waals surface area contributed by atoms with E-state index in [0.717, 1.165) is 11.1 Å². The van der Waals surface area contributed by atoms with Crippen molar-refractivity contribution >= 4 is 57.1 Å². The minimum Gasteiger partial charge on any atom is -0.274 e. The number of benzene rings is 4. The number of nitrogens with zero attached hydrogens (tertiary/aromatic N) is 8. The van der Waals surface area contributed by atoms with E-state index in [0.29, 0.717) is 39.9 Å². The van der Waals surface area contributed by atoms with Gasteiger partial charge in [-0.1, -0.05) is 59.0 Å². The van der Waals surface area contributed by atoms with Gasteiger partial charge in [-0.05, 0) is 66.1 Å². The van der Waals surface area contributed by atoms with Gasteiger partial charge < -0.3 is 0 Å². The molecule has 0 bridgehead atoms. The van der Waals surface area contributed by atoms with Gasteiger partial charge in [-0.3, -0.25) is 19.2 Å². The molecule has 0 aliphatic carbocycles. The van der Waals surface area contributed by atoms with E-state index in [4.69, 9.17) is 0 Å². The summed E-state index contributed by atoms with van der Waals surface area (Å²) in [6.07, 6.45) is 0.600. The summed E-state index contributed by atoms with van der Waals surface area (Å²) < 4.78 is 3.04. The fourth-order valence-corrected chi connectivity index (χ4v) is 6.15. The van der Waals surface area contributed by atoms with Crippen LogP contribution < -0.4 is 9.80 Å². The molecule has 12 nitrogen and oxygen atoms in total. The Hall–Kier alpha value is -6.04. The fourth-order valence-electron chi connectivity index (χ4n) is 6.15. The van der Waals surface area contributed by atoms with E-state index < -0.39 is 12.1 Å². The fraction of sp³-hybridized carbons (Fsp3) is 0.152. The molecule has 2 fully saturated rings. The molecule has 12 heteroatoms. The second kappa shape index (κ2) is 10.3. The van der Waals surface area contributed by atoms with E-state index in [1.165, 1.54) is 19.2 Å². The third-order valence-electron chi connectivity index (χ3n) is 8.39. The highest BCUT2D eigenvalue weighted by molar-refractivity contribution is 6.22. The minimum atomic E-state index is -0.747. The molecule has 4 aromatic carbocycles. The van der Waals surface area contributed by atoms with E-state index in [9.17, 15) is 19.2 Å². The van der Waals surface area contributed by atoms with Crippen LogP contribution in [0.1, 0.15) is 36.1 Å². The highest BCUT2D eigenvalue weighted by Crippen LogP contribution is 2.33. The van der Waals surface area contributed by atoms with Crippen LogP contribution in [0.2, 0.25) is 0 Å². The van der Waals surface area contributed by atoms with Crippen LogP contribution in [0, 0.1) is 0 Å². The van der Waals surface area contributed by atoms with Crippen LogP contribution in [0.25, 0.3) is 22.1 Å². The van der Waals surface area contributed by atoms with Gasteiger partial charge in [0.1, 0.15) is 23.1 Å². The lowest BCUT2D eigenvalue weighted by molar-refractivity contribution is -0.123. The SMILES string of the molecule is O=C1CC(n2nnc3ccccc32)C(=O)N1c1ccc(Cc2ccc(N3C(=O)CC(n4nnc5ccccc54)C3=O)cc2)cc1. The quantitative estimate of drug-likeness (QED) is 0.265. The molecule has 0 spiro atoms. The third-order valence-corrected chi connectivity index (χ3v) is 8.39. The monoisotopic (exact) mass is 596 g/mol. The minimum absolute atomic E-state index is 0.0124. The molecule has 0 N–H and O–H groups in total. The summed E-state index contributed by atoms with van der Waals surface area (Å²) in [5.41, 5.74) is 5.66. The van der Waals surface area contributed by atoms with E-state index in [1.807, 2.05) is 72.8 Å². The summed E-state index contributed by atoms with van der Waals surface area (Å²) >= 11 is 0. The molecule has 2 aliphatic rings. The van der Waals surface area contributed by atoms with Gasteiger partial charge in [-0.15, -0.1) is 10.2 Å². The smallest absolute Gasteiger partial charge is 0.259 e. The number of carbonyl (C=O) groups excluding carboxylic acids is 4. The molecule has 220 valence electrons. The van der Waals surface area contributed by atoms with Gasteiger partial charge in [0, 0.05) is 0 Å². The number of aromatic nitrogens is 6. The van der Waals surface area contributed by atoms with Crippen molar-refractivity contribution < 1.29 is 19.2 Å². The number of hydrogen-bond donors (Lipinski definition) is 0. The Bertz CT molecular complexity index is 2000. The van der Waals surface area contributed by atoms with Crippen molar-refractivity contribution in [3.05, 3.63) is 108 Å². The van der Waals surface area contributed by atoms with Gasteiger partial charge in [0.25, 0.3) is 11.8 Å². The summed E-state index contributed by atoms with van der Waals surface area (Å²) in [7, 11) is 0. The number of fused-ring (bicyclic) bond motifs is 2. The van der Waals surface area contributed by atoms with Crippen molar-refractivity contribution in [2.45, 2.75) is 31.3 Å². The topological polar surface area (TPSA) is 136 Å². The maximum Gasteiger partial charge on any atom is 0.259 e. The summed E-state index contributed by atoms with van der Waals surface area (Å²) in [4.78, 5) is 54.9. The van der Waals surface area contributed by atoms with Crippen LogP contribution >= 0.6 is 0 Å². The molecule has 8 rings (SSSR count). The second-order valence-electron chi connectivity index (χ2n) is 11.1. The summed E-state index contributed by atoms with van der Waals surface area (Å²) in [5, 5.41) is 16.5. The first-order valence-corrected chi connectivity index (χ1v) is 14.5. The van der Waals surface area contributed by atoms with Gasteiger partial charge in [0.15, 0.2) is 0 Å². The molecular weight excluding hydrogens is 572 g/mol. The molecule has 2 aromatic heterocycles. The van der Waals surface area contributed by atoms with Gasteiger partial charge >= 0.3 is 0 Å². The average molecular weight is 597 g/mol. The highest BCUT2D eigenvalue weighted by Gasteiger charge is 2.43. The normalized spacial score (nSPS) is 18.7. The first-order valence-electron chi connectivity index (χ1n) is 14.5. The van der Waals surface area contributed by atoms with Crippen LogP contribution in [-0.4, -0.2) is 53.6 Å².